The molecule has 19 heavy (non-hydrogen) atoms. The third kappa shape index (κ3) is 2.82. The van der Waals surface area contributed by atoms with Crippen LogP contribution in [-0.4, -0.2) is 8.42 Å². The number of nitrogen functional groups attached to an aromatic ring is 1. The van der Waals surface area contributed by atoms with Crippen molar-refractivity contribution in [1.29, 1.82) is 0 Å². The molecule has 0 unspecified atom stereocenters. The lowest BCUT2D eigenvalue weighted by Gasteiger charge is -2.10. The summed E-state index contributed by atoms with van der Waals surface area (Å²) in [4.78, 5) is -0.0303. The molecule has 0 aliphatic rings. The van der Waals surface area contributed by atoms with Gasteiger partial charge in [-0.05, 0) is 18.2 Å². The molecule has 2 aromatic rings. The van der Waals surface area contributed by atoms with E-state index in [2.05, 4.69) is 0 Å². The number of benzene rings is 2. The number of hydrogen-bond donors (Lipinski definition) is 2. The van der Waals surface area contributed by atoms with Crippen LogP contribution in [0, 0.1) is 11.6 Å². The minimum atomic E-state index is -3.93. The summed E-state index contributed by atoms with van der Waals surface area (Å²) >= 11 is 0. The van der Waals surface area contributed by atoms with Crippen molar-refractivity contribution in [2.24, 2.45) is 0 Å². The van der Waals surface area contributed by atoms with Gasteiger partial charge in [0.1, 0.15) is 11.6 Å². The Kier molecular flexibility index (Phi) is 3.39. The molecule has 2 rings (SSSR count). The van der Waals surface area contributed by atoms with E-state index >= 15 is 0 Å². The Bertz CT molecular complexity index is 703. The van der Waals surface area contributed by atoms with Crippen LogP contribution in [0.4, 0.5) is 20.2 Å². The van der Waals surface area contributed by atoms with Gasteiger partial charge in [0.25, 0.3) is 10.0 Å². The fraction of sp³-hybridized carbons (Fsp3) is 0. The highest BCUT2D eigenvalue weighted by atomic mass is 32.2. The predicted molar refractivity (Wildman–Crippen MR) is 68.0 cm³/mol. The summed E-state index contributed by atoms with van der Waals surface area (Å²) in [5.41, 5.74) is 4.53. The van der Waals surface area contributed by atoms with Crippen LogP contribution >= 0.6 is 0 Å². The zero-order valence-electron chi connectivity index (χ0n) is 9.60. The van der Waals surface area contributed by atoms with Crippen molar-refractivity contribution >= 4 is 21.4 Å². The largest absolute Gasteiger partial charge is 0.396 e. The van der Waals surface area contributed by atoms with E-state index in [4.69, 9.17) is 5.73 Å². The number of halogens is 2. The monoisotopic (exact) mass is 284 g/mol. The van der Waals surface area contributed by atoms with Gasteiger partial charge in [0, 0.05) is 6.07 Å². The summed E-state index contributed by atoms with van der Waals surface area (Å²) in [5.74, 6) is -1.98. The smallest absolute Gasteiger partial charge is 0.261 e. The standard InChI is InChI=1S/C12H10F2N2O2S/c13-9-6-10(14)12(7-11(9)15)16-19(17,18)8-4-2-1-3-5-8/h1-7,16H,15H2. The number of nitrogens with one attached hydrogen (secondary N) is 1. The molecule has 0 saturated carbocycles. The molecule has 2 aromatic carbocycles. The summed E-state index contributed by atoms with van der Waals surface area (Å²) in [5, 5.41) is 0. The first kappa shape index (κ1) is 13.3. The lowest BCUT2D eigenvalue weighted by Crippen LogP contribution is -2.14. The maximum atomic E-state index is 13.5. The average Bonchev–Trinajstić information content (AvgIpc) is 2.37. The quantitative estimate of drug-likeness (QED) is 0.850. The molecule has 0 spiro atoms. The molecule has 100 valence electrons. The minimum Gasteiger partial charge on any atom is -0.396 e. The Balaban J connectivity index is 2.39. The molecule has 3 N–H and O–H groups in total. The van der Waals surface area contributed by atoms with E-state index in [-0.39, 0.29) is 10.6 Å². The molecule has 0 fully saturated rings. The van der Waals surface area contributed by atoms with Crippen LogP contribution in [0.1, 0.15) is 0 Å². The van der Waals surface area contributed by atoms with Gasteiger partial charge in [-0.3, -0.25) is 4.72 Å². The van der Waals surface area contributed by atoms with Crippen molar-refractivity contribution in [3.63, 3.8) is 0 Å². The van der Waals surface area contributed by atoms with Gasteiger partial charge in [-0.1, -0.05) is 18.2 Å². The second-order valence-corrected chi connectivity index (χ2v) is 5.45. The van der Waals surface area contributed by atoms with E-state index in [0.29, 0.717) is 6.07 Å². The maximum Gasteiger partial charge on any atom is 0.261 e. The molecule has 0 saturated heterocycles. The number of sulfonamides is 1. The van der Waals surface area contributed by atoms with Gasteiger partial charge in [-0.25, -0.2) is 17.2 Å². The van der Waals surface area contributed by atoms with E-state index in [1.807, 2.05) is 4.72 Å². The van der Waals surface area contributed by atoms with E-state index < -0.39 is 27.3 Å². The second kappa shape index (κ2) is 4.85. The van der Waals surface area contributed by atoms with Crippen molar-refractivity contribution < 1.29 is 17.2 Å². The van der Waals surface area contributed by atoms with Crippen molar-refractivity contribution in [3.8, 4) is 0 Å². The minimum absolute atomic E-state index is 0.0303. The normalized spacial score (nSPS) is 11.3. The molecule has 0 heterocycles. The first-order chi connectivity index (χ1) is 8.90. The summed E-state index contributed by atoms with van der Waals surface area (Å²) in [7, 11) is -3.93. The third-order valence-electron chi connectivity index (χ3n) is 2.38. The molecule has 0 bridgehead atoms. The SMILES string of the molecule is Nc1cc(NS(=O)(=O)c2ccccc2)c(F)cc1F. The van der Waals surface area contributed by atoms with Gasteiger partial charge in [0.05, 0.1) is 16.3 Å². The zero-order chi connectivity index (χ0) is 14.0. The van der Waals surface area contributed by atoms with Crippen molar-refractivity contribution in [3.05, 3.63) is 54.1 Å². The fourth-order valence-corrected chi connectivity index (χ4v) is 2.53. The van der Waals surface area contributed by atoms with Gasteiger partial charge in [-0.15, -0.1) is 0 Å². The lowest BCUT2D eigenvalue weighted by atomic mass is 10.2. The molecule has 0 radical (unpaired) electrons. The van der Waals surface area contributed by atoms with Crippen LogP contribution in [0.25, 0.3) is 0 Å². The molecular weight excluding hydrogens is 274 g/mol. The predicted octanol–water partition coefficient (Wildman–Crippen LogP) is 2.35. The van der Waals surface area contributed by atoms with E-state index in [9.17, 15) is 17.2 Å². The highest BCUT2D eigenvalue weighted by Crippen LogP contribution is 2.23. The highest BCUT2D eigenvalue weighted by molar-refractivity contribution is 7.92. The van der Waals surface area contributed by atoms with Crippen LogP contribution in [0.2, 0.25) is 0 Å². The number of rotatable bonds is 3. The molecule has 0 aromatic heterocycles. The van der Waals surface area contributed by atoms with Gasteiger partial charge in [0.15, 0.2) is 0 Å². The van der Waals surface area contributed by atoms with E-state index in [1.54, 1.807) is 6.07 Å². The van der Waals surface area contributed by atoms with Crippen molar-refractivity contribution in [2.75, 3.05) is 10.5 Å². The van der Waals surface area contributed by atoms with E-state index in [0.717, 1.165) is 6.07 Å². The van der Waals surface area contributed by atoms with Crippen LogP contribution in [0.15, 0.2) is 47.4 Å². The van der Waals surface area contributed by atoms with E-state index in [1.165, 1.54) is 24.3 Å². The molecule has 4 nitrogen and oxygen atoms in total. The summed E-state index contributed by atoms with van der Waals surface area (Å²) in [6.45, 7) is 0. The summed E-state index contributed by atoms with van der Waals surface area (Å²) in [6, 6.07) is 8.84. The highest BCUT2D eigenvalue weighted by Gasteiger charge is 2.17. The Morgan fingerprint density at radius 1 is 1.00 bits per heavy atom. The second-order valence-electron chi connectivity index (χ2n) is 3.77. The van der Waals surface area contributed by atoms with Crippen molar-refractivity contribution in [1.82, 2.24) is 0 Å². The number of anilines is 2. The van der Waals surface area contributed by atoms with Crippen LogP contribution in [0.5, 0.6) is 0 Å². The van der Waals surface area contributed by atoms with Crippen LogP contribution < -0.4 is 10.5 Å². The number of hydrogen-bond acceptors (Lipinski definition) is 3. The number of nitrogens with two attached hydrogens (primary N) is 1. The molecule has 0 aliphatic carbocycles. The molecular formula is C12H10F2N2O2S. The molecule has 0 aliphatic heterocycles. The molecule has 7 heteroatoms. The Morgan fingerprint density at radius 3 is 2.26 bits per heavy atom. The average molecular weight is 284 g/mol. The summed E-state index contributed by atoms with van der Waals surface area (Å²) < 4.78 is 52.3. The summed E-state index contributed by atoms with van der Waals surface area (Å²) in [6.07, 6.45) is 0. The Hall–Kier alpha value is -2.15. The first-order valence-corrected chi connectivity index (χ1v) is 6.71. The maximum absolute atomic E-state index is 13.5. The Morgan fingerprint density at radius 2 is 1.63 bits per heavy atom. The van der Waals surface area contributed by atoms with Gasteiger partial charge in [0.2, 0.25) is 0 Å². The zero-order valence-corrected chi connectivity index (χ0v) is 10.4. The first-order valence-electron chi connectivity index (χ1n) is 5.22. The van der Waals surface area contributed by atoms with Gasteiger partial charge < -0.3 is 5.73 Å². The van der Waals surface area contributed by atoms with Crippen molar-refractivity contribution in [2.45, 2.75) is 4.90 Å². The lowest BCUT2D eigenvalue weighted by molar-refractivity contribution is 0.585. The molecule has 0 atom stereocenters. The van der Waals surface area contributed by atoms with Gasteiger partial charge in [-0.2, -0.15) is 0 Å². The third-order valence-corrected chi connectivity index (χ3v) is 3.77. The molecule has 0 amide bonds. The van der Waals surface area contributed by atoms with Crippen LogP contribution in [-0.2, 0) is 10.0 Å². The van der Waals surface area contributed by atoms with Crippen LogP contribution in [0.3, 0.4) is 0 Å². The Labute approximate surface area is 108 Å². The van der Waals surface area contributed by atoms with Gasteiger partial charge >= 0.3 is 0 Å². The fourth-order valence-electron chi connectivity index (χ4n) is 1.45. The topological polar surface area (TPSA) is 72.2 Å².